The van der Waals surface area contributed by atoms with Crippen LogP contribution in [0.5, 0.6) is 5.75 Å². The fourth-order valence-corrected chi connectivity index (χ4v) is 4.08. The quantitative estimate of drug-likeness (QED) is 0.694. The molecule has 4 nitrogen and oxygen atoms in total. The van der Waals surface area contributed by atoms with E-state index in [-0.39, 0.29) is 11.9 Å². The zero-order valence-electron chi connectivity index (χ0n) is 16.3. The largest absolute Gasteiger partial charge is 0.497 e. The maximum Gasteiger partial charge on any atom is 0.256 e. The van der Waals surface area contributed by atoms with Gasteiger partial charge in [0.2, 0.25) is 0 Å². The van der Waals surface area contributed by atoms with Crippen molar-refractivity contribution in [1.82, 2.24) is 4.90 Å². The number of rotatable bonds is 5. The molecule has 0 bridgehead atoms. The minimum Gasteiger partial charge on any atom is -0.497 e. The minimum atomic E-state index is -0.780. The van der Waals surface area contributed by atoms with Crippen molar-refractivity contribution in [2.75, 3.05) is 12.4 Å². The third kappa shape index (κ3) is 2.73. The first kappa shape index (κ1) is 18.1. The first-order valence-electron chi connectivity index (χ1n) is 9.49. The first-order chi connectivity index (χ1) is 13.6. The van der Waals surface area contributed by atoms with Crippen LogP contribution >= 0.6 is 0 Å². The van der Waals surface area contributed by atoms with Crippen LogP contribution in [0.15, 0.2) is 78.9 Å². The highest BCUT2D eigenvalue weighted by molar-refractivity contribution is 6.01. The van der Waals surface area contributed by atoms with Crippen LogP contribution in [0.25, 0.3) is 0 Å². The second-order valence-corrected chi connectivity index (χ2v) is 7.24. The Balaban J connectivity index is 1.95. The predicted molar refractivity (Wildman–Crippen MR) is 112 cm³/mol. The molecule has 0 saturated carbocycles. The van der Waals surface area contributed by atoms with E-state index in [9.17, 15) is 4.79 Å². The molecular weight excluding hydrogens is 348 g/mol. The molecule has 4 rings (SSSR count). The molecule has 3 aromatic carbocycles. The van der Waals surface area contributed by atoms with Gasteiger partial charge in [0, 0.05) is 28.4 Å². The lowest BCUT2D eigenvalue weighted by molar-refractivity contribution is 0.0581. The predicted octanol–water partition coefficient (Wildman–Crippen LogP) is 4.87. The summed E-state index contributed by atoms with van der Waals surface area (Å²) in [5, 5.41) is 3.69. The van der Waals surface area contributed by atoms with E-state index >= 15 is 0 Å². The summed E-state index contributed by atoms with van der Waals surface area (Å²) in [7, 11) is 1.65. The molecule has 0 spiro atoms. The Kier molecular flexibility index (Phi) is 4.55. The van der Waals surface area contributed by atoms with Gasteiger partial charge in [0.25, 0.3) is 5.91 Å². The van der Waals surface area contributed by atoms with Crippen molar-refractivity contribution in [2.24, 2.45) is 0 Å². The van der Waals surface area contributed by atoms with E-state index < -0.39 is 5.66 Å². The van der Waals surface area contributed by atoms with Crippen LogP contribution in [0.2, 0.25) is 0 Å². The van der Waals surface area contributed by atoms with Gasteiger partial charge in [-0.1, -0.05) is 48.5 Å². The number of carbonyl (C=O) groups excluding carboxylic acids is 1. The van der Waals surface area contributed by atoms with E-state index in [2.05, 4.69) is 31.3 Å². The average Bonchev–Trinajstić information content (AvgIpc) is 2.99. The standard InChI is InChI=1S/C24H24N2O2/c1-17(2)26-23(27)21-11-7-8-12-22(21)24(26,18-9-5-4-6-10-18)25-19-13-15-20(28-3)16-14-19/h4-17,25H,1-3H3. The average molecular weight is 372 g/mol. The van der Waals surface area contributed by atoms with Crippen LogP contribution in [0, 0.1) is 0 Å². The zero-order chi connectivity index (χ0) is 19.7. The molecule has 28 heavy (non-hydrogen) atoms. The van der Waals surface area contributed by atoms with E-state index in [1.54, 1.807) is 7.11 Å². The number of nitrogens with zero attached hydrogens (tertiary/aromatic N) is 1. The van der Waals surface area contributed by atoms with Crippen LogP contribution in [-0.4, -0.2) is 24.0 Å². The molecule has 0 radical (unpaired) electrons. The molecule has 1 N–H and O–H groups in total. The van der Waals surface area contributed by atoms with E-state index in [0.717, 1.165) is 28.1 Å². The number of fused-ring (bicyclic) bond motifs is 1. The third-order valence-electron chi connectivity index (χ3n) is 5.25. The number of hydrogen-bond acceptors (Lipinski definition) is 3. The topological polar surface area (TPSA) is 41.6 Å². The number of nitrogens with one attached hydrogen (secondary N) is 1. The van der Waals surface area contributed by atoms with Gasteiger partial charge in [0.05, 0.1) is 7.11 Å². The van der Waals surface area contributed by atoms with E-state index in [1.165, 1.54) is 0 Å². The Hall–Kier alpha value is -3.27. The fraction of sp³-hybridized carbons (Fsp3) is 0.208. The van der Waals surface area contributed by atoms with Gasteiger partial charge in [-0.2, -0.15) is 0 Å². The van der Waals surface area contributed by atoms with Crippen LogP contribution in [0.3, 0.4) is 0 Å². The number of amides is 1. The summed E-state index contributed by atoms with van der Waals surface area (Å²) in [5.74, 6) is 0.832. The molecule has 0 saturated heterocycles. The van der Waals surface area contributed by atoms with Crippen molar-refractivity contribution in [3.05, 3.63) is 95.6 Å². The van der Waals surface area contributed by atoms with Crippen LogP contribution < -0.4 is 10.1 Å². The van der Waals surface area contributed by atoms with Gasteiger partial charge in [-0.05, 0) is 44.2 Å². The monoisotopic (exact) mass is 372 g/mol. The lowest BCUT2D eigenvalue weighted by atomic mass is 9.89. The molecule has 4 heteroatoms. The number of carbonyl (C=O) groups is 1. The maximum absolute atomic E-state index is 13.4. The summed E-state index contributed by atoms with van der Waals surface area (Å²) in [5.41, 5.74) is 2.87. The summed E-state index contributed by atoms with van der Waals surface area (Å²) in [6.07, 6.45) is 0. The number of benzene rings is 3. The lowest BCUT2D eigenvalue weighted by Gasteiger charge is -2.43. The SMILES string of the molecule is COc1ccc(NC2(c3ccccc3)c3ccccc3C(=O)N2C(C)C)cc1. The first-order valence-corrected chi connectivity index (χ1v) is 9.49. The third-order valence-corrected chi connectivity index (χ3v) is 5.25. The molecule has 1 unspecified atom stereocenters. The number of ether oxygens (including phenoxy) is 1. The van der Waals surface area contributed by atoms with Crippen molar-refractivity contribution < 1.29 is 9.53 Å². The molecule has 1 aliphatic rings. The van der Waals surface area contributed by atoms with Crippen molar-refractivity contribution in [2.45, 2.75) is 25.6 Å². The molecular formula is C24H24N2O2. The van der Waals surface area contributed by atoms with Crippen LogP contribution in [-0.2, 0) is 5.66 Å². The van der Waals surface area contributed by atoms with Crippen molar-refractivity contribution >= 4 is 11.6 Å². The van der Waals surface area contributed by atoms with Gasteiger partial charge in [-0.25, -0.2) is 0 Å². The molecule has 0 aliphatic carbocycles. The summed E-state index contributed by atoms with van der Waals surface area (Å²) >= 11 is 0. The number of methoxy groups -OCH3 is 1. The summed E-state index contributed by atoms with van der Waals surface area (Å²) in [6.45, 7) is 4.11. The Labute approximate surface area is 165 Å². The Morgan fingerprint density at radius 1 is 0.893 bits per heavy atom. The van der Waals surface area contributed by atoms with Gasteiger partial charge >= 0.3 is 0 Å². The van der Waals surface area contributed by atoms with Crippen molar-refractivity contribution in [1.29, 1.82) is 0 Å². The highest BCUT2D eigenvalue weighted by Gasteiger charge is 2.52. The molecule has 1 aliphatic heterocycles. The summed E-state index contributed by atoms with van der Waals surface area (Å²) in [6, 6.07) is 25.8. The second kappa shape index (κ2) is 7.04. The van der Waals surface area contributed by atoms with Crippen molar-refractivity contribution in [3.63, 3.8) is 0 Å². The molecule has 142 valence electrons. The minimum absolute atomic E-state index is 0.00542. The van der Waals surface area contributed by atoms with Crippen molar-refractivity contribution in [3.8, 4) is 5.75 Å². The number of anilines is 1. The van der Waals surface area contributed by atoms with Gasteiger partial charge in [0.1, 0.15) is 5.75 Å². The highest BCUT2D eigenvalue weighted by Crippen LogP contribution is 2.45. The van der Waals surface area contributed by atoms with Crippen LogP contribution in [0.4, 0.5) is 5.69 Å². The van der Waals surface area contributed by atoms with Gasteiger partial charge in [-0.3, -0.25) is 4.79 Å². The Morgan fingerprint density at radius 2 is 1.54 bits per heavy atom. The second-order valence-electron chi connectivity index (χ2n) is 7.24. The molecule has 1 heterocycles. The molecule has 1 atom stereocenters. The van der Waals surface area contributed by atoms with E-state index in [1.807, 2.05) is 71.6 Å². The van der Waals surface area contributed by atoms with Gasteiger partial charge in [0.15, 0.2) is 5.66 Å². The van der Waals surface area contributed by atoms with E-state index in [0.29, 0.717) is 0 Å². The van der Waals surface area contributed by atoms with E-state index in [4.69, 9.17) is 4.74 Å². The van der Waals surface area contributed by atoms with Gasteiger partial charge in [-0.15, -0.1) is 0 Å². The molecule has 1 amide bonds. The summed E-state index contributed by atoms with van der Waals surface area (Å²) < 4.78 is 5.29. The summed E-state index contributed by atoms with van der Waals surface area (Å²) in [4.78, 5) is 15.3. The molecule has 0 aromatic heterocycles. The normalized spacial score (nSPS) is 18.3. The molecule has 0 fully saturated rings. The highest BCUT2D eigenvalue weighted by atomic mass is 16.5. The van der Waals surface area contributed by atoms with Gasteiger partial charge < -0.3 is 15.0 Å². The zero-order valence-corrected chi connectivity index (χ0v) is 16.3. The van der Waals surface area contributed by atoms with Crippen LogP contribution in [0.1, 0.15) is 35.3 Å². The molecule has 3 aromatic rings. The smallest absolute Gasteiger partial charge is 0.256 e. The Morgan fingerprint density at radius 3 is 2.18 bits per heavy atom. The lowest BCUT2D eigenvalue weighted by Crippen LogP contribution is -2.53. The Bertz CT molecular complexity index is 983. The maximum atomic E-state index is 13.4. The fourth-order valence-electron chi connectivity index (χ4n) is 4.08. The number of hydrogen-bond donors (Lipinski definition) is 1.